The molecule has 0 aliphatic heterocycles. The van der Waals surface area contributed by atoms with Gasteiger partial charge < -0.3 is 18.8 Å². The lowest BCUT2D eigenvalue weighted by atomic mass is 10.2. The van der Waals surface area contributed by atoms with Gasteiger partial charge in [0.2, 0.25) is 0 Å². The molecule has 0 N–H and O–H groups in total. The van der Waals surface area contributed by atoms with Crippen LogP contribution in [0.15, 0.2) is 36.5 Å². The minimum absolute atomic E-state index is 0.314. The Hall–Kier alpha value is -3.55. The second-order valence-electron chi connectivity index (χ2n) is 8.73. The van der Waals surface area contributed by atoms with Gasteiger partial charge in [0.25, 0.3) is 0 Å². The lowest BCUT2D eigenvalue weighted by Gasteiger charge is -2.22. The van der Waals surface area contributed by atoms with E-state index in [1.54, 1.807) is 24.6 Å². The van der Waals surface area contributed by atoms with Gasteiger partial charge in [0.1, 0.15) is 17.2 Å². The van der Waals surface area contributed by atoms with Gasteiger partial charge in [-0.3, -0.25) is 4.68 Å². The summed E-state index contributed by atoms with van der Waals surface area (Å²) in [6.45, 7) is 11.1. The van der Waals surface area contributed by atoms with E-state index in [-0.39, 0.29) is 0 Å². The summed E-state index contributed by atoms with van der Waals surface area (Å²) < 4.78 is 20.0. The van der Waals surface area contributed by atoms with Crippen molar-refractivity contribution >= 4 is 28.9 Å². The van der Waals surface area contributed by atoms with Crippen LogP contribution in [0.5, 0.6) is 5.75 Å². The van der Waals surface area contributed by atoms with Crippen LogP contribution in [-0.2, 0) is 26.1 Å². The van der Waals surface area contributed by atoms with E-state index in [0.717, 1.165) is 28.0 Å². The lowest BCUT2D eigenvalue weighted by Crippen LogP contribution is -2.33. The molecule has 8 heteroatoms. The van der Waals surface area contributed by atoms with E-state index in [1.807, 2.05) is 69.8 Å². The second-order valence-corrected chi connectivity index (χ2v) is 8.73. The number of aryl methyl sites for hydroxylation is 2. The molecule has 3 rings (SSSR count). The number of nitrogens with zero attached hydrogens (tertiary/aromatic N) is 3. The number of carbonyl (C=O) groups is 2. The fourth-order valence-corrected chi connectivity index (χ4v) is 3.49. The maximum absolute atomic E-state index is 12.3. The Morgan fingerprint density at radius 3 is 2.61 bits per heavy atom. The van der Waals surface area contributed by atoms with Gasteiger partial charge in [-0.1, -0.05) is 0 Å². The van der Waals surface area contributed by atoms with E-state index in [9.17, 15) is 9.59 Å². The zero-order valence-corrected chi connectivity index (χ0v) is 20.2. The van der Waals surface area contributed by atoms with Crippen LogP contribution in [0, 0.1) is 6.92 Å². The van der Waals surface area contributed by atoms with Gasteiger partial charge in [0.05, 0.1) is 17.8 Å². The van der Waals surface area contributed by atoms with Gasteiger partial charge >= 0.3 is 11.9 Å². The zero-order chi connectivity index (χ0) is 24.3. The van der Waals surface area contributed by atoms with Gasteiger partial charge in [-0.25, -0.2) is 9.59 Å². The van der Waals surface area contributed by atoms with Gasteiger partial charge in [-0.2, -0.15) is 5.10 Å². The summed E-state index contributed by atoms with van der Waals surface area (Å²) in [5.74, 6) is 0.506. The lowest BCUT2D eigenvalue weighted by molar-refractivity contribution is -0.162. The molecule has 0 spiro atoms. The molecule has 33 heavy (non-hydrogen) atoms. The van der Waals surface area contributed by atoms with Crippen molar-refractivity contribution in [1.82, 2.24) is 14.3 Å². The first kappa shape index (κ1) is 24.1. The third-order valence-corrected chi connectivity index (χ3v) is 4.85. The Bertz CT molecular complexity index is 1200. The first-order valence-corrected chi connectivity index (χ1v) is 10.9. The fraction of sp³-hybridized carbons (Fsp3) is 0.400. The quantitative estimate of drug-likeness (QED) is 0.390. The number of rotatable bonds is 7. The smallest absolute Gasteiger partial charge is 0.347 e. The summed E-state index contributed by atoms with van der Waals surface area (Å²) in [4.78, 5) is 24.2. The summed E-state index contributed by atoms with van der Waals surface area (Å²) in [5, 5.41) is 5.52. The molecule has 0 saturated heterocycles. The Kier molecular flexibility index (Phi) is 6.95. The van der Waals surface area contributed by atoms with Crippen molar-refractivity contribution in [1.29, 1.82) is 0 Å². The van der Waals surface area contributed by atoms with Crippen LogP contribution in [0.3, 0.4) is 0 Å². The first-order chi connectivity index (χ1) is 15.5. The molecule has 2 heterocycles. The molecule has 0 saturated carbocycles. The summed E-state index contributed by atoms with van der Waals surface area (Å²) >= 11 is 0. The van der Waals surface area contributed by atoms with Crippen molar-refractivity contribution in [3.8, 4) is 11.6 Å². The second kappa shape index (κ2) is 9.52. The van der Waals surface area contributed by atoms with Gasteiger partial charge in [0.15, 0.2) is 6.10 Å². The molecule has 1 atom stereocenters. The summed E-state index contributed by atoms with van der Waals surface area (Å²) in [7, 11) is 1.85. The van der Waals surface area contributed by atoms with Gasteiger partial charge in [-0.15, -0.1) is 0 Å². The van der Waals surface area contributed by atoms with E-state index < -0.39 is 23.6 Å². The predicted octanol–water partition coefficient (Wildman–Crippen LogP) is 4.36. The molecule has 0 aliphatic rings. The molecule has 1 unspecified atom stereocenters. The highest BCUT2D eigenvalue weighted by Crippen LogP contribution is 2.28. The van der Waals surface area contributed by atoms with Crippen molar-refractivity contribution in [2.75, 3.05) is 6.61 Å². The fourth-order valence-electron chi connectivity index (χ4n) is 3.49. The number of ether oxygens (including phenoxy) is 3. The Morgan fingerprint density at radius 1 is 1.21 bits per heavy atom. The molecule has 0 radical (unpaired) electrons. The van der Waals surface area contributed by atoms with Crippen LogP contribution in [0.25, 0.3) is 22.8 Å². The van der Waals surface area contributed by atoms with Gasteiger partial charge in [-0.05, 0) is 65.8 Å². The molecular formula is C25H31N3O5. The standard InChI is InChI=1S/C25H31N3O5/c1-8-31-22(29)12-11-20-16(2)26-27(7)23(20)28-14-13-18-9-10-19(15-21(18)28)32-17(3)24(30)33-25(4,5)6/h9-15,17H,8H2,1-7H3/b12-11+. The summed E-state index contributed by atoms with van der Waals surface area (Å²) in [6.07, 6.45) is 4.29. The van der Waals surface area contributed by atoms with Crippen LogP contribution >= 0.6 is 0 Å². The normalized spacial score (nSPS) is 12.8. The van der Waals surface area contributed by atoms with Crippen molar-refractivity contribution in [2.45, 2.75) is 53.2 Å². The van der Waals surface area contributed by atoms with E-state index >= 15 is 0 Å². The van der Waals surface area contributed by atoms with Crippen LogP contribution < -0.4 is 4.74 Å². The number of hydrogen-bond acceptors (Lipinski definition) is 6. The average Bonchev–Trinajstić information content (AvgIpc) is 3.24. The molecule has 1 aromatic carbocycles. The molecular weight excluding hydrogens is 422 g/mol. The summed E-state index contributed by atoms with van der Waals surface area (Å²) in [6, 6.07) is 7.61. The highest BCUT2D eigenvalue weighted by molar-refractivity contribution is 5.89. The molecule has 8 nitrogen and oxygen atoms in total. The molecule has 0 fully saturated rings. The SMILES string of the molecule is CCOC(=O)/C=C/c1c(C)nn(C)c1-n1ccc2ccc(OC(C)C(=O)OC(C)(C)C)cc21. The van der Waals surface area contributed by atoms with Crippen molar-refractivity contribution in [3.63, 3.8) is 0 Å². The largest absolute Gasteiger partial charge is 0.479 e. The molecule has 2 aromatic heterocycles. The van der Waals surface area contributed by atoms with Crippen LogP contribution in [0.2, 0.25) is 0 Å². The number of hydrogen-bond donors (Lipinski definition) is 0. The number of carbonyl (C=O) groups excluding carboxylic acids is 2. The maximum Gasteiger partial charge on any atom is 0.347 e. The minimum atomic E-state index is -0.757. The topological polar surface area (TPSA) is 84.6 Å². The maximum atomic E-state index is 12.3. The molecule has 0 amide bonds. The Balaban J connectivity index is 1.96. The molecule has 0 bridgehead atoms. The van der Waals surface area contributed by atoms with Crippen molar-refractivity contribution in [2.24, 2.45) is 7.05 Å². The van der Waals surface area contributed by atoms with Crippen LogP contribution in [-0.4, -0.2) is 44.6 Å². The third kappa shape index (κ3) is 5.63. The van der Waals surface area contributed by atoms with E-state index in [4.69, 9.17) is 14.2 Å². The highest BCUT2D eigenvalue weighted by Gasteiger charge is 2.23. The average molecular weight is 454 g/mol. The van der Waals surface area contributed by atoms with E-state index in [1.165, 1.54) is 6.08 Å². The minimum Gasteiger partial charge on any atom is -0.479 e. The molecule has 0 aliphatic carbocycles. The van der Waals surface area contributed by atoms with Crippen molar-refractivity contribution in [3.05, 3.63) is 47.8 Å². The monoisotopic (exact) mass is 453 g/mol. The Morgan fingerprint density at radius 2 is 1.94 bits per heavy atom. The number of aromatic nitrogens is 3. The zero-order valence-electron chi connectivity index (χ0n) is 20.2. The van der Waals surface area contributed by atoms with Gasteiger partial charge in [0, 0.05) is 36.3 Å². The summed E-state index contributed by atoms with van der Waals surface area (Å²) in [5.41, 5.74) is 1.87. The number of esters is 2. The third-order valence-electron chi connectivity index (χ3n) is 4.85. The highest BCUT2D eigenvalue weighted by atomic mass is 16.6. The Labute approximate surface area is 193 Å². The molecule has 176 valence electrons. The van der Waals surface area contributed by atoms with Crippen molar-refractivity contribution < 1.29 is 23.8 Å². The van der Waals surface area contributed by atoms with E-state index in [0.29, 0.717) is 12.4 Å². The van der Waals surface area contributed by atoms with Crippen LogP contribution in [0.4, 0.5) is 0 Å². The predicted molar refractivity (Wildman–Crippen MR) is 126 cm³/mol. The number of fused-ring (bicyclic) bond motifs is 1. The number of benzene rings is 1. The first-order valence-electron chi connectivity index (χ1n) is 10.9. The molecule has 3 aromatic rings. The van der Waals surface area contributed by atoms with Crippen LogP contribution in [0.1, 0.15) is 45.9 Å². The van der Waals surface area contributed by atoms with E-state index in [2.05, 4.69) is 5.10 Å².